The monoisotopic (exact) mass is 648 g/mol. The molecule has 0 fully saturated rings. The second-order valence-electron chi connectivity index (χ2n) is 8.14. The van der Waals surface area contributed by atoms with Crippen molar-refractivity contribution in [1.82, 2.24) is 19.9 Å². The van der Waals surface area contributed by atoms with E-state index in [1.165, 1.54) is 44.4 Å². The molecule has 0 radical (unpaired) electrons. The number of aromatic amines is 1. The fourth-order valence-corrected chi connectivity index (χ4v) is 3.90. The zero-order chi connectivity index (χ0) is 31.4. The van der Waals surface area contributed by atoms with Crippen LogP contribution >= 0.6 is 34.8 Å². The number of nitrogens with zero attached hydrogens (tertiary/aromatic N) is 3. The summed E-state index contributed by atoms with van der Waals surface area (Å²) in [6.07, 6.45) is 0. The van der Waals surface area contributed by atoms with E-state index in [0.717, 1.165) is 12.1 Å². The third kappa shape index (κ3) is 7.06. The molecule has 17 heteroatoms. The fraction of sp³-hybridized carbons (Fsp3) is 0.0769. The van der Waals surface area contributed by atoms with Gasteiger partial charge in [0.2, 0.25) is 17.6 Å². The van der Waals surface area contributed by atoms with Gasteiger partial charge < -0.3 is 29.0 Å². The number of carbonyl (C=O) groups is 4. The van der Waals surface area contributed by atoms with Crippen molar-refractivity contribution in [1.29, 1.82) is 0 Å². The molecule has 4 rings (SSSR count). The minimum absolute atomic E-state index is 0.0701. The summed E-state index contributed by atoms with van der Waals surface area (Å²) in [5, 5.41) is 8.60. The highest BCUT2D eigenvalue weighted by atomic mass is 35.5. The number of carboxylic acid groups (broad SMARTS) is 1. The molecular weight excluding hydrogens is 635 g/mol. The summed E-state index contributed by atoms with van der Waals surface area (Å²) in [5.41, 5.74) is -2.14. The molecule has 43 heavy (non-hydrogen) atoms. The standard InChI is InChI=1S/C26H15Cl3N4O10/c1-10-3-6-15(30-18(10)23(35)36)43-26(39)21-14(40-2)5-8-17(32-21)42-24(37)19-11(27)4-7-16(31-19)41-25(38)20-12(28)9-13(29)22(34)33-20/h3-9H,1-2H3,(H,33,34)(H,35,36). The zero-order valence-electron chi connectivity index (χ0n) is 21.6. The molecule has 4 heterocycles. The smallest absolute Gasteiger partial charge is 0.367 e. The van der Waals surface area contributed by atoms with E-state index in [1.54, 1.807) is 0 Å². The Morgan fingerprint density at radius 2 is 1.26 bits per heavy atom. The molecule has 0 aromatic carbocycles. The number of nitrogens with one attached hydrogen (secondary N) is 1. The first kappa shape index (κ1) is 30.9. The van der Waals surface area contributed by atoms with Crippen molar-refractivity contribution >= 4 is 58.7 Å². The number of aromatic nitrogens is 4. The van der Waals surface area contributed by atoms with Crippen LogP contribution in [0.3, 0.4) is 0 Å². The molecule has 220 valence electrons. The fourth-order valence-electron chi connectivity index (χ4n) is 3.27. The minimum atomic E-state index is -1.32. The molecule has 0 bridgehead atoms. The lowest BCUT2D eigenvalue weighted by Gasteiger charge is -2.11. The maximum Gasteiger partial charge on any atom is 0.367 e. The Bertz CT molecular complexity index is 1860. The second kappa shape index (κ2) is 12.9. The van der Waals surface area contributed by atoms with Crippen LogP contribution in [0.5, 0.6) is 23.4 Å². The predicted octanol–water partition coefficient (Wildman–Crippen LogP) is 4.19. The van der Waals surface area contributed by atoms with Crippen molar-refractivity contribution in [2.45, 2.75) is 6.92 Å². The van der Waals surface area contributed by atoms with Gasteiger partial charge in [-0.2, -0.15) is 0 Å². The number of halogens is 3. The molecule has 0 spiro atoms. The van der Waals surface area contributed by atoms with Crippen LogP contribution in [0.4, 0.5) is 0 Å². The highest BCUT2D eigenvalue weighted by molar-refractivity contribution is 6.36. The van der Waals surface area contributed by atoms with Crippen molar-refractivity contribution in [3.05, 3.63) is 96.2 Å². The van der Waals surface area contributed by atoms with Gasteiger partial charge in [-0.05, 0) is 30.7 Å². The quantitative estimate of drug-likeness (QED) is 0.258. The zero-order valence-corrected chi connectivity index (χ0v) is 23.9. The summed E-state index contributed by atoms with van der Waals surface area (Å²) >= 11 is 17.7. The summed E-state index contributed by atoms with van der Waals surface area (Å²) in [6.45, 7) is 1.52. The Morgan fingerprint density at radius 3 is 1.88 bits per heavy atom. The van der Waals surface area contributed by atoms with Crippen LogP contribution in [0.2, 0.25) is 15.1 Å². The Morgan fingerprint density at radius 1 is 0.721 bits per heavy atom. The molecule has 0 aliphatic heterocycles. The maximum atomic E-state index is 12.9. The van der Waals surface area contributed by atoms with E-state index in [9.17, 15) is 29.1 Å². The van der Waals surface area contributed by atoms with E-state index >= 15 is 0 Å². The lowest BCUT2D eigenvalue weighted by Crippen LogP contribution is -2.19. The Kier molecular flexibility index (Phi) is 9.24. The van der Waals surface area contributed by atoms with Crippen LogP contribution in [-0.2, 0) is 0 Å². The number of hydrogen-bond donors (Lipinski definition) is 2. The van der Waals surface area contributed by atoms with Crippen molar-refractivity contribution in [2.75, 3.05) is 7.11 Å². The van der Waals surface area contributed by atoms with Gasteiger partial charge in [-0.25, -0.2) is 34.1 Å². The van der Waals surface area contributed by atoms with Gasteiger partial charge in [0.25, 0.3) is 5.56 Å². The van der Waals surface area contributed by atoms with Crippen molar-refractivity contribution in [3.63, 3.8) is 0 Å². The second-order valence-corrected chi connectivity index (χ2v) is 9.36. The molecule has 0 unspecified atom stereocenters. The number of H-pyrrole nitrogens is 1. The largest absolute Gasteiger partial charge is 0.494 e. The number of carboxylic acids is 1. The topological polar surface area (TPSA) is 197 Å². The van der Waals surface area contributed by atoms with E-state index in [0.29, 0.717) is 5.56 Å². The number of methoxy groups -OCH3 is 1. The predicted molar refractivity (Wildman–Crippen MR) is 148 cm³/mol. The maximum absolute atomic E-state index is 12.9. The van der Waals surface area contributed by atoms with Gasteiger partial charge in [0.05, 0.1) is 17.2 Å². The number of esters is 3. The van der Waals surface area contributed by atoms with Crippen molar-refractivity contribution in [3.8, 4) is 23.4 Å². The average Bonchev–Trinajstić information content (AvgIpc) is 2.96. The van der Waals surface area contributed by atoms with Crippen LogP contribution in [0, 0.1) is 6.92 Å². The average molecular weight is 650 g/mol. The highest BCUT2D eigenvalue weighted by Gasteiger charge is 2.24. The number of rotatable bonds is 8. The summed E-state index contributed by atoms with van der Waals surface area (Å²) in [5.74, 6) is -5.93. The molecule has 14 nitrogen and oxygen atoms in total. The molecule has 4 aromatic heterocycles. The number of aromatic carboxylic acids is 1. The van der Waals surface area contributed by atoms with E-state index in [2.05, 4.69) is 19.9 Å². The lowest BCUT2D eigenvalue weighted by atomic mass is 10.2. The van der Waals surface area contributed by atoms with Gasteiger partial charge in [-0.1, -0.05) is 40.9 Å². The first-order valence-electron chi connectivity index (χ1n) is 11.5. The minimum Gasteiger partial charge on any atom is -0.494 e. The van der Waals surface area contributed by atoms with E-state index in [4.69, 9.17) is 53.8 Å². The molecule has 0 atom stereocenters. The molecule has 4 aromatic rings. The Balaban J connectivity index is 1.55. The molecule has 0 saturated heterocycles. The van der Waals surface area contributed by atoms with Crippen LogP contribution in [0.25, 0.3) is 0 Å². The number of pyridine rings is 4. The van der Waals surface area contributed by atoms with Gasteiger partial charge in [-0.15, -0.1) is 0 Å². The van der Waals surface area contributed by atoms with Crippen molar-refractivity contribution in [2.24, 2.45) is 0 Å². The van der Waals surface area contributed by atoms with E-state index < -0.39 is 58.3 Å². The van der Waals surface area contributed by atoms with Crippen LogP contribution in [0.1, 0.15) is 47.5 Å². The summed E-state index contributed by atoms with van der Waals surface area (Å²) in [6, 6.07) is 8.51. The molecule has 0 aliphatic carbocycles. The number of ether oxygens (including phenoxy) is 4. The Hall–Kier alpha value is -5.05. The summed E-state index contributed by atoms with van der Waals surface area (Å²) in [7, 11) is 1.25. The SMILES string of the molecule is COc1ccc(OC(=O)c2nc(OC(=O)c3[nH]c(=O)c(Cl)cc3Cl)ccc2Cl)nc1C(=O)Oc1ccc(C)c(C(=O)O)n1. The highest BCUT2D eigenvalue weighted by Crippen LogP contribution is 2.25. The molecule has 0 aliphatic rings. The van der Waals surface area contributed by atoms with Gasteiger partial charge in [0.1, 0.15) is 10.7 Å². The first-order chi connectivity index (χ1) is 20.4. The molecule has 2 N–H and O–H groups in total. The number of hydrogen-bond acceptors (Lipinski definition) is 12. The summed E-state index contributed by atoms with van der Waals surface area (Å²) < 4.78 is 20.6. The van der Waals surface area contributed by atoms with Gasteiger partial charge in [0, 0.05) is 18.2 Å². The normalized spacial score (nSPS) is 10.5. The lowest BCUT2D eigenvalue weighted by molar-refractivity contribution is 0.0669. The van der Waals surface area contributed by atoms with Crippen molar-refractivity contribution < 1.29 is 43.2 Å². The van der Waals surface area contributed by atoms with Gasteiger partial charge in [0.15, 0.2) is 22.8 Å². The molecular formula is C26H15Cl3N4O10. The van der Waals surface area contributed by atoms with Crippen LogP contribution in [-0.4, -0.2) is 56.0 Å². The summed E-state index contributed by atoms with van der Waals surface area (Å²) in [4.78, 5) is 75.1. The number of aryl methyl sites for hydroxylation is 1. The Labute approximate surface area is 255 Å². The molecule has 0 saturated carbocycles. The van der Waals surface area contributed by atoms with Gasteiger partial charge >= 0.3 is 23.9 Å². The van der Waals surface area contributed by atoms with E-state index in [-0.39, 0.29) is 32.4 Å². The number of carbonyl (C=O) groups excluding carboxylic acids is 3. The third-order valence-electron chi connectivity index (χ3n) is 5.28. The van der Waals surface area contributed by atoms with Gasteiger partial charge in [-0.3, -0.25) is 4.79 Å². The van der Waals surface area contributed by atoms with Crippen LogP contribution < -0.4 is 24.5 Å². The third-order valence-corrected chi connectivity index (χ3v) is 6.16. The van der Waals surface area contributed by atoms with Crippen LogP contribution in [0.15, 0.2) is 47.3 Å². The van der Waals surface area contributed by atoms with E-state index in [1.807, 2.05) is 0 Å². The first-order valence-corrected chi connectivity index (χ1v) is 12.7. The molecule has 0 amide bonds.